The van der Waals surface area contributed by atoms with Crippen LogP contribution in [0.3, 0.4) is 0 Å². The number of aryl methyl sites for hydroxylation is 1. The largest absolute Gasteiger partial charge is 0.307 e. The molecule has 0 radical (unpaired) electrons. The second-order valence-corrected chi connectivity index (χ2v) is 6.08. The highest BCUT2D eigenvalue weighted by Gasteiger charge is 2.22. The Bertz CT molecular complexity index is 434. The topological polar surface area (TPSA) is 41.1 Å². The Labute approximate surface area is 115 Å². The van der Waals surface area contributed by atoms with Gasteiger partial charge in [-0.2, -0.15) is 0 Å². The van der Waals surface area contributed by atoms with Crippen molar-refractivity contribution in [3.63, 3.8) is 0 Å². The zero-order valence-corrected chi connectivity index (χ0v) is 12.0. The van der Waals surface area contributed by atoms with E-state index in [0.717, 1.165) is 24.1 Å². The zero-order valence-electron chi connectivity index (χ0n) is 12.0. The SMILES string of the molecule is Cc1cc(C2CCN(C)CC2)nc(CNC2CC2)n1. The molecule has 2 fully saturated rings. The minimum atomic E-state index is 0.623. The third-order valence-electron chi connectivity index (χ3n) is 4.18. The van der Waals surface area contributed by atoms with Crippen LogP contribution in [0.2, 0.25) is 0 Å². The van der Waals surface area contributed by atoms with Crippen molar-refractivity contribution in [2.75, 3.05) is 20.1 Å². The van der Waals surface area contributed by atoms with Crippen LogP contribution in [0.5, 0.6) is 0 Å². The first kappa shape index (κ1) is 13.0. The highest BCUT2D eigenvalue weighted by molar-refractivity contribution is 5.15. The molecule has 19 heavy (non-hydrogen) atoms. The van der Waals surface area contributed by atoms with E-state index in [1.165, 1.54) is 44.5 Å². The van der Waals surface area contributed by atoms with Crippen molar-refractivity contribution in [1.29, 1.82) is 0 Å². The third kappa shape index (κ3) is 3.51. The summed E-state index contributed by atoms with van der Waals surface area (Å²) in [5, 5.41) is 3.50. The minimum Gasteiger partial charge on any atom is -0.307 e. The molecule has 1 aliphatic carbocycles. The van der Waals surface area contributed by atoms with Crippen LogP contribution in [0.1, 0.15) is 48.8 Å². The van der Waals surface area contributed by atoms with E-state index in [1.54, 1.807) is 0 Å². The van der Waals surface area contributed by atoms with Crippen molar-refractivity contribution in [2.24, 2.45) is 0 Å². The molecule has 0 amide bonds. The van der Waals surface area contributed by atoms with Gasteiger partial charge in [-0.3, -0.25) is 0 Å². The Hall–Kier alpha value is -1.00. The van der Waals surface area contributed by atoms with Crippen molar-refractivity contribution in [3.8, 4) is 0 Å². The van der Waals surface area contributed by atoms with E-state index in [4.69, 9.17) is 4.98 Å². The monoisotopic (exact) mass is 260 g/mol. The van der Waals surface area contributed by atoms with E-state index in [9.17, 15) is 0 Å². The van der Waals surface area contributed by atoms with E-state index in [-0.39, 0.29) is 0 Å². The van der Waals surface area contributed by atoms with Crippen LogP contribution in [0.25, 0.3) is 0 Å². The van der Waals surface area contributed by atoms with Crippen molar-refractivity contribution in [1.82, 2.24) is 20.2 Å². The van der Waals surface area contributed by atoms with Crippen LogP contribution < -0.4 is 5.32 Å². The van der Waals surface area contributed by atoms with Gasteiger partial charge >= 0.3 is 0 Å². The number of likely N-dealkylation sites (tertiary alicyclic amines) is 1. The van der Waals surface area contributed by atoms with Gasteiger partial charge in [-0.1, -0.05) is 0 Å². The molecule has 1 aromatic heterocycles. The molecule has 104 valence electrons. The lowest BCUT2D eigenvalue weighted by atomic mass is 9.93. The fraction of sp³-hybridized carbons (Fsp3) is 0.733. The van der Waals surface area contributed by atoms with Gasteiger partial charge in [0.25, 0.3) is 0 Å². The molecule has 0 aromatic carbocycles. The van der Waals surface area contributed by atoms with Gasteiger partial charge in [-0.05, 0) is 58.8 Å². The summed E-state index contributed by atoms with van der Waals surface area (Å²) in [5.74, 6) is 1.60. The maximum Gasteiger partial charge on any atom is 0.142 e. The molecule has 1 saturated heterocycles. The van der Waals surface area contributed by atoms with Crippen molar-refractivity contribution < 1.29 is 0 Å². The van der Waals surface area contributed by atoms with Crippen LogP contribution in [0.15, 0.2) is 6.07 Å². The summed E-state index contributed by atoms with van der Waals surface area (Å²) in [7, 11) is 2.20. The lowest BCUT2D eigenvalue weighted by molar-refractivity contribution is 0.253. The normalized spacial score (nSPS) is 21.8. The summed E-state index contributed by atoms with van der Waals surface area (Å²) in [6, 6.07) is 2.90. The molecule has 0 bridgehead atoms. The van der Waals surface area contributed by atoms with Gasteiger partial charge in [-0.15, -0.1) is 0 Å². The molecular formula is C15H24N4. The van der Waals surface area contributed by atoms with E-state index < -0.39 is 0 Å². The van der Waals surface area contributed by atoms with E-state index in [1.807, 2.05) is 0 Å². The van der Waals surface area contributed by atoms with Gasteiger partial charge in [0, 0.05) is 23.3 Å². The predicted molar refractivity (Wildman–Crippen MR) is 76.1 cm³/mol. The summed E-state index contributed by atoms with van der Waals surface area (Å²) in [5.41, 5.74) is 2.37. The fourth-order valence-electron chi connectivity index (χ4n) is 2.77. The molecule has 4 heteroatoms. The number of nitrogens with zero attached hydrogens (tertiary/aromatic N) is 3. The Balaban J connectivity index is 1.69. The van der Waals surface area contributed by atoms with Gasteiger partial charge in [0.1, 0.15) is 5.82 Å². The number of hydrogen-bond donors (Lipinski definition) is 1. The summed E-state index contributed by atoms with van der Waals surface area (Å²) < 4.78 is 0. The zero-order chi connectivity index (χ0) is 13.2. The van der Waals surface area contributed by atoms with Gasteiger partial charge in [0.15, 0.2) is 0 Å². The van der Waals surface area contributed by atoms with E-state index in [2.05, 4.69) is 35.2 Å². The highest BCUT2D eigenvalue weighted by Crippen LogP contribution is 2.26. The lowest BCUT2D eigenvalue weighted by Crippen LogP contribution is -2.30. The number of nitrogens with one attached hydrogen (secondary N) is 1. The Morgan fingerprint density at radius 2 is 1.95 bits per heavy atom. The van der Waals surface area contributed by atoms with Crippen LogP contribution in [0.4, 0.5) is 0 Å². The summed E-state index contributed by atoms with van der Waals surface area (Å²) in [6.07, 6.45) is 5.08. The first-order valence-electron chi connectivity index (χ1n) is 7.47. The number of aromatic nitrogens is 2. The molecular weight excluding hydrogens is 236 g/mol. The molecule has 4 nitrogen and oxygen atoms in total. The summed E-state index contributed by atoms with van der Waals surface area (Å²) in [6.45, 7) is 5.28. The second-order valence-electron chi connectivity index (χ2n) is 6.08. The molecule has 1 aromatic rings. The summed E-state index contributed by atoms with van der Waals surface area (Å²) in [4.78, 5) is 11.8. The summed E-state index contributed by atoms with van der Waals surface area (Å²) >= 11 is 0. The molecule has 0 atom stereocenters. The maximum atomic E-state index is 4.79. The maximum absolute atomic E-state index is 4.79. The number of piperidine rings is 1. The predicted octanol–water partition coefficient (Wildman–Crippen LogP) is 1.85. The Morgan fingerprint density at radius 1 is 1.21 bits per heavy atom. The lowest BCUT2D eigenvalue weighted by Gasteiger charge is -2.28. The average Bonchev–Trinajstić information content (AvgIpc) is 3.20. The highest BCUT2D eigenvalue weighted by atomic mass is 15.1. The quantitative estimate of drug-likeness (QED) is 0.897. The Kier molecular flexibility index (Phi) is 3.80. The molecule has 3 rings (SSSR count). The molecule has 1 N–H and O–H groups in total. The molecule has 0 spiro atoms. The van der Waals surface area contributed by atoms with E-state index in [0.29, 0.717) is 5.92 Å². The smallest absolute Gasteiger partial charge is 0.142 e. The molecule has 1 aliphatic heterocycles. The number of rotatable bonds is 4. The van der Waals surface area contributed by atoms with Crippen molar-refractivity contribution in [3.05, 3.63) is 23.3 Å². The Morgan fingerprint density at radius 3 is 2.63 bits per heavy atom. The fourth-order valence-corrected chi connectivity index (χ4v) is 2.77. The minimum absolute atomic E-state index is 0.623. The van der Waals surface area contributed by atoms with Crippen molar-refractivity contribution >= 4 is 0 Å². The second kappa shape index (κ2) is 5.55. The van der Waals surface area contributed by atoms with Crippen LogP contribution in [-0.2, 0) is 6.54 Å². The number of hydrogen-bond acceptors (Lipinski definition) is 4. The molecule has 2 heterocycles. The molecule has 1 saturated carbocycles. The standard InChI is InChI=1S/C15H24N4/c1-11-9-14(12-5-7-19(2)8-6-12)18-15(17-11)10-16-13-3-4-13/h9,12-13,16H,3-8,10H2,1-2H3. The van der Waals surface area contributed by atoms with Gasteiger partial charge in [0.2, 0.25) is 0 Å². The van der Waals surface area contributed by atoms with Gasteiger partial charge < -0.3 is 10.2 Å². The van der Waals surface area contributed by atoms with Crippen LogP contribution in [-0.4, -0.2) is 41.0 Å². The first-order valence-corrected chi connectivity index (χ1v) is 7.47. The van der Waals surface area contributed by atoms with E-state index >= 15 is 0 Å². The molecule has 0 unspecified atom stereocenters. The van der Waals surface area contributed by atoms with Crippen LogP contribution >= 0.6 is 0 Å². The average molecular weight is 260 g/mol. The molecule has 2 aliphatic rings. The van der Waals surface area contributed by atoms with Crippen molar-refractivity contribution in [2.45, 2.75) is 51.1 Å². The van der Waals surface area contributed by atoms with Crippen LogP contribution in [0, 0.1) is 6.92 Å². The third-order valence-corrected chi connectivity index (χ3v) is 4.18. The van der Waals surface area contributed by atoms with Gasteiger partial charge in [0.05, 0.1) is 6.54 Å². The van der Waals surface area contributed by atoms with Gasteiger partial charge in [-0.25, -0.2) is 9.97 Å². The first-order chi connectivity index (χ1) is 9.20.